The highest BCUT2D eigenvalue weighted by Gasteiger charge is 2.24. The normalized spacial score (nSPS) is 16.4. The SMILES string of the molecule is CCN(C(=O)c1ccc(Br)c(C)c1)C1CCNCC1. The molecule has 0 unspecified atom stereocenters. The lowest BCUT2D eigenvalue weighted by molar-refractivity contribution is 0.0656. The minimum Gasteiger partial charge on any atom is -0.336 e. The minimum atomic E-state index is 0.157. The summed E-state index contributed by atoms with van der Waals surface area (Å²) in [5, 5.41) is 3.34. The number of benzene rings is 1. The van der Waals surface area contributed by atoms with Crippen molar-refractivity contribution in [3.05, 3.63) is 33.8 Å². The average molecular weight is 325 g/mol. The number of hydrogen-bond acceptors (Lipinski definition) is 2. The molecule has 0 spiro atoms. The number of amides is 1. The van der Waals surface area contributed by atoms with Gasteiger partial charge in [-0.1, -0.05) is 15.9 Å². The fourth-order valence-electron chi connectivity index (χ4n) is 2.63. The van der Waals surface area contributed by atoms with Crippen molar-refractivity contribution < 1.29 is 4.79 Å². The fourth-order valence-corrected chi connectivity index (χ4v) is 2.88. The molecule has 1 fully saturated rings. The van der Waals surface area contributed by atoms with E-state index < -0.39 is 0 Å². The van der Waals surface area contributed by atoms with Crippen LogP contribution in [0.1, 0.15) is 35.7 Å². The summed E-state index contributed by atoms with van der Waals surface area (Å²) in [6.45, 7) is 6.87. The molecule has 0 aliphatic carbocycles. The molecule has 2 rings (SSSR count). The molecule has 1 aromatic rings. The van der Waals surface area contributed by atoms with E-state index in [2.05, 4.69) is 28.2 Å². The van der Waals surface area contributed by atoms with Gasteiger partial charge in [-0.25, -0.2) is 0 Å². The van der Waals surface area contributed by atoms with Crippen LogP contribution < -0.4 is 5.32 Å². The third-order valence-electron chi connectivity index (χ3n) is 3.76. The van der Waals surface area contributed by atoms with Crippen molar-refractivity contribution in [1.29, 1.82) is 0 Å². The summed E-state index contributed by atoms with van der Waals surface area (Å²) in [6.07, 6.45) is 2.10. The van der Waals surface area contributed by atoms with E-state index in [1.807, 2.05) is 30.0 Å². The van der Waals surface area contributed by atoms with Gasteiger partial charge in [0.1, 0.15) is 0 Å². The molecule has 0 aromatic heterocycles. The second-order valence-electron chi connectivity index (χ2n) is 5.04. The van der Waals surface area contributed by atoms with Crippen molar-refractivity contribution in [1.82, 2.24) is 10.2 Å². The van der Waals surface area contributed by atoms with E-state index in [-0.39, 0.29) is 5.91 Å². The number of carbonyl (C=O) groups excluding carboxylic acids is 1. The number of halogens is 1. The number of hydrogen-bond donors (Lipinski definition) is 1. The summed E-state index contributed by atoms with van der Waals surface area (Å²) >= 11 is 3.48. The fraction of sp³-hybridized carbons (Fsp3) is 0.533. The first-order chi connectivity index (χ1) is 9.13. The minimum absolute atomic E-state index is 0.157. The maximum atomic E-state index is 12.6. The Kier molecular flexibility index (Phi) is 4.99. The van der Waals surface area contributed by atoms with Crippen molar-refractivity contribution in [3.63, 3.8) is 0 Å². The van der Waals surface area contributed by atoms with Crippen LogP contribution in [-0.4, -0.2) is 36.5 Å². The molecule has 1 heterocycles. The Morgan fingerprint density at radius 1 is 1.42 bits per heavy atom. The van der Waals surface area contributed by atoms with E-state index in [0.29, 0.717) is 6.04 Å². The zero-order valence-corrected chi connectivity index (χ0v) is 13.2. The highest BCUT2D eigenvalue weighted by Crippen LogP contribution is 2.20. The van der Waals surface area contributed by atoms with Gasteiger partial charge < -0.3 is 10.2 Å². The Balaban J connectivity index is 2.17. The molecular weight excluding hydrogens is 304 g/mol. The Hall–Kier alpha value is -0.870. The van der Waals surface area contributed by atoms with Crippen molar-refractivity contribution >= 4 is 21.8 Å². The molecule has 0 radical (unpaired) electrons. The van der Waals surface area contributed by atoms with Crippen LogP contribution in [0.3, 0.4) is 0 Å². The largest absolute Gasteiger partial charge is 0.336 e. The Morgan fingerprint density at radius 2 is 2.11 bits per heavy atom. The number of piperidine rings is 1. The molecule has 0 bridgehead atoms. The van der Waals surface area contributed by atoms with Gasteiger partial charge in [0.2, 0.25) is 0 Å². The van der Waals surface area contributed by atoms with Crippen molar-refractivity contribution in [2.45, 2.75) is 32.7 Å². The van der Waals surface area contributed by atoms with Crippen molar-refractivity contribution in [2.24, 2.45) is 0 Å². The van der Waals surface area contributed by atoms with Crippen LogP contribution in [0.2, 0.25) is 0 Å². The number of rotatable bonds is 3. The van der Waals surface area contributed by atoms with E-state index in [9.17, 15) is 4.79 Å². The summed E-state index contributed by atoms with van der Waals surface area (Å²) in [6, 6.07) is 6.21. The summed E-state index contributed by atoms with van der Waals surface area (Å²) < 4.78 is 1.05. The number of carbonyl (C=O) groups is 1. The third kappa shape index (κ3) is 3.37. The molecule has 0 saturated carbocycles. The van der Waals surface area contributed by atoms with Gasteiger partial charge >= 0.3 is 0 Å². The highest BCUT2D eigenvalue weighted by atomic mass is 79.9. The van der Waals surface area contributed by atoms with Crippen LogP contribution in [0, 0.1) is 6.92 Å². The lowest BCUT2D eigenvalue weighted by atomic mass is 10.0. The maximum absolute atomic E-state index is 12.6. The Bertz CT molecular complexity index is 455. The quantitative estimate of drug-likeness (QED) is 0.927. The van der Waals surface area contributed by atoms with Gasteiger partial charge in [-0.3, -0.25) is 4.79 Å². The zero-order chi connectivity index (χ0) is 13.8. The smallest absolute Gasteiger partial charge is 0.254 e. The molecule has 3 nitrogen and oxygen atoms in total. The van der Waals surface area contributed by atoms with Gasteiger partial charge in [0.25, 0.3) is 5.91 Å². The molecule has 1 aliphatic heterocycles. The number of nitrogens with zero attached hydrogens (tertiary/aromatic N) is 1. The number of aryl methyl sites for hydroxylation is 1. The highest BCUT2D eigenvalue weighted by molar-refractivity contribution is 9.10. The van der Waals surface area contributed by atoms with E-state index in [1.54, 1.807) is 0 Å². The van der Waals surface area contributed by atoms with Crippen molar-refractivity contribution in [2.75, 3.05) is 19.6 Å². The molecule has 1 amide bonds. The molecule has 0 atom stereocenters. The predicted octanol–water partition coefficient (Wildman–Crippen LogP) is 2.97. The Morgan fingerprint density at radius 3 is 2.68 bits per heavy atom. The van der Waals surface area contributed by atoms with Crippen LogP contribution in [0.5, 0.6) is 0 Å². The molecule has 19 heavy (non-hydrogen) atoms. The van der Waals surface area contributed by atoms with Crippen LogP contribution in [0.15, 0.2) is 22.7 Å². The van der Waals surface area contributed by atoms with E-state index in [1.165, 1.54) is 0 Å². The van der Waals surface area contributed by atoms with Crippen LogP contribution in [-0.2, 0) is 0 Å². The van der Waals surface area contributed by atoms with E-state index in [0.717, 1.165) is 48.1 Å². The van der Waals surface area contributed by atoms with Crippen molar-refractivity contribution in [3.8, 4) is 0 Å². The van der Waals surface area contributed by atoms with Gasteiger partial charge in [-0.2, -0.15) is 0 Å². The topological polar surface area (TPSA) is 32.3 Å². The monoisotopic (exact) mass is 324 g/mol. The summed E-state index contributed by atoms with van der Waals surface area (Å²) in [4.78, 5) is 14.6. The summed E-state index contributed by atoms with van der Waals surface area (Å²) in [5.74, 6) is 0.157. The van der Waals surface area contributed by atoms with E-state index in [4.69, 9.17) is 0 Å². The number of nitrogens with one attached hydrogen (secondary N) is 1. The molecule has 1 saturated heterocycles. The van der Waals surface area contributed by atoms with Crippen LogP contribution >= 0.6 is 15.9 Å². The van der Waals surface area contributed by atoms with Gasteiger partial charge in [0.05, 0.1) is 0 Å². The second kappa shape index (κ2) is 6.53. The van der Waals surface area contributed by atoms with Gasteiger partial charge in [0, 0.05) is 22.6 Å². The lowest BCUT2D eigenvalue weighted by Gasteiger charge is -2.34. The van der Waals surface area contributed by atoms with Gasteiger partial charge in [-0.15, -0.1) is 0 Å². The summed E-state index contributed by atoms with van der Waals surface area (Å²) in [7, 11) is 0. The Labute approximate surface area is 123 Å². The molecule has 1 aliphatic rings. The molecular formula is C15H21BrN2O. The van der Waals surface area contributed by atoms with Crippen LogP contribution in [0.25, 0.3) is 0 Å². The van der Waals surface area contributed by atoms with Gasteiger partial charge in [0.15, 0.2) is 0 Å². The zero-order valence-electron chi connectivity index (χ0n) is 11.6. The summed E-state index contributed by atoms with van der Waals surface area (Å²) in [5.41, 5.74) is 1.90. The maximum Gasteiger partial charge on any atom is 0.254 e. The first-order valence-electron chi connectivity index (χ1n) is 6.91. The molecule has 1 N–H and O–H groups in total. The standard InChI is InChI=1S/C15H21BrN2O/c1-3-18(13-6-8-17-9-7-13)15(19)12-4-5-14(16)11(2)10-12/h4-5,10,13,17H,3,6-9H2,1-2H3. The molecule has 104 valence electrons. The first kappa shape index (κ1) is 14.5. The average Bonchev–Trinajstić information content (AvgIpc) is 2.44. The first-order valence-corrected chi connectivity index (χ1v) is 7.70. The molecule has 1 aromatic carbocycles. The van der Waals surface area contributed by atoms with E-state index >= 15 is 0 Å². The molecule has 4 heteroatoms. The van der Waals surface area contributed by atoms with Gasteiger partial charge in [-0.05, 0) is 63.5 Å². The lowest BCUT2D eigenvalue weighted by Crippen LogP contribution is -2.46. The second-order valence-corrected chi connectivity index (χ2v) is 5.89. The third-order valence-corrected chi connectivity index (χ3v) is 4.65. The van der Waals surface area contributed by atoms with Crippen LogP contribution in [0.4, 0.5) is 0 Å². The predicted molar refractivity (Wildman–Crippen MR) is 81.5 cm³/mol.